The van der Waals surface area contributed by atoms with Crippen molar-refractivity contribution in [2.75, 3.05) is 0 Å². The van der Waals surface area contributed by atoms with Gasteiger partial charge in [0.1, 0.15) is 11.7 Å². The maximum Gasteiger partial charge on any atom is 0.261 e. The highest BCUT2D eigenvalue weighted by molar-refractivity contribution is 7.80. The molecule has 3 rings (SSSR count). The number of amides is 1. The summed E-state index contributed by atoms with van der Waals surface area (Å²) < 4.78 is 0. The number of hydrogen-bond acceptors (Lipinski definition) is 3. The molecule has 1 aromatic rings. The number of thiocarbonyl (C=S) groups is 1. The summed E-state index contributed by atoms with van der Waals surface area (Å²) in [5, 5.41) is 5.30. The lowest BCUT2D eigenvalue weighted by Gasteiger charge is -2.51. The minimum absolute atomic E-state index is 0.0757. The number of carbonyl (C=O) groups excluding carboxylic acids is 1. The van der Waals surface area contributed by atoms with E-state index < -0.39 is 5.66 Å². The van der Waals surface area contributed by atoms with Crippen LogP contribution in [0.2, 0.25) is 0 Å². The summed E-state index contributed by atoms with van der Waals surface area (Å²) in [5.41, 5.74) is 0.329. The molecule has 2 atom stereocenters. The first-order chi connectivity index (χ1) is 10.2. The van der Waals surface area contributed by atoms with Gasteiger partial charge in [0, 0.05) is 18.4 Å². The minimum Gasteiger partial charge on any atom is -0.357 e. The van der Waals surface area contributed by atoms with E-state index in [9.17, 15) is 4.79 Å². The Bertz CT molecular complexity index is 618. The number of nitrogens with one attached hydrogen (secondary N) is 1. The van der Waals surface area contributed by atoms with E-state index in [2.05, 4.69) is 19.2 Å². The topological polar surface area (TPSA) is 61.6 Å². The van der Waals surface area contributed by atoms with Crippen molar-refractivity contribution in [3.8, 4) is 0 Å². The zero-order valence-corrected chi connectivity index (χ0v) is 14.0. The van der Waals surface area contributed by atoms with Gasteiger partial charge in [-0.1, -0.05) is 30.3 Å². The van der Waals surface area contributed by atoms with E-state index in [0.29, 0.717) is 18.0 Å². The Morgan fingerprint density at radius 2 is 1.95 bits per heavy atom. The molecular weight excluding hydrogens is 296 g/mol. The molecule has 5 nitrogen and oxygen atoms in total. The highest BCUT2D eigenvalue weighted by Gasteiger charge is 2.58. The molecule has 2 aliphatic rings. The van der Waals surface area contributed by atoms with Gasteiger partial charge >= 0.3 is 0 Å². The molecule has 3 N–H and O–H groups in total. The Morgan fingerprint density at radius 3 is 2.59 bits per heavy atom. The largest absolute Gasteiger partial charge is 0.357 e. The van der Waals surface area contributed by atoms with Gasteiger partial charge in [0.15, 0.2) is 5.11 Å². The molecule has 1 amide bonds. The SMILES string of the molecule is CC1(C)CC2(C)N(N)C(=O)C(Cc3ccccc3)N2C(=S)N1. The van der Waals surface area contributed by atoms with E-state index in [-0.39, 0.29) is 17.5 Å². The van der Waals surface area contributed by atoms with Gasteiger partial charge in [-0.3, -0.25) is 9.80 Å². The number of fused-ring (bicyclic) bond motifs is 1. The van der Waals surface area contributed by atoms with Crippen LogP contribution >= 0.6 is 12.2 Å². The zero-order valence-electron chi connectivity index (χ0n) is 13.2. The molecule has 2 unspecified atom stereocenters. The van der Waals surface area contributed by atoms with Crippen LogP contribution in [0.1, 0.15) is 32.8 Å². The van der Waals surface area contributed by atoms with Gasteiger partial charge in [-0.2, -0.15) is 0 Å². The van der Waals surface area contributed by atoms with Gasteiger partial charge in [0.05, 0.1) is 0 Å². The molecule has 1 aromatic carbocycles. The third-order valence-corrected chi connectivity index (χ3v) is 4.88. The van der Waals surface area contributed by atoms with Crippen molar-refractivity contribution in [3.05, 3.63) is 35.9 Å². The first-order valence-corrected chi connectivity index (χ1v) is 7.90. The molecule has 2 saturated heterocycles. The lowest BCUT2D eigenvalue weighted by atomic mass is 9.88. The monoisotopic (exact) mass is 318 g/mol. The fourth-order valence-electron chi connectivity index (χ4n) is 3.74. The van der Waals surface area contributed by atoms with Crippen LogP contribution in [0.5, 0.6) is 0 Å². The average Bonchev–Trinajstić information content (AvgIpc) is 2.60. The highest BCUT2D eigenvalue weighted by Crippen LogP contribution is 2.40. The molecule has 0 radical (unpaired) electrons. The van der Waals surface area contributed by atoms with E-state index in [4.69, 9.17) is 18.1 Å². The second-order valence-corrected chi connectivity index (χ2v) is 7.38. The van der Waals surface area contributed by atoms with E-state index in [1.54, 1.807) is 0 Å². The van der Waals surface area contributed by atoms with E-state index in [1.807, 2.05) is 42.2 Å². The van der Waals surface area contributed by atoms with Gasteiger partial charge in [-0.15, -0.1) is 0 Å². The van der Waals surface area contributed by atoms with Crippen molar-refractivity contribution < 1.29 is 4.79 Å². The average molecular weight is 318 g/mol. The maximum atomic E-state index is 12.7. The van der Waals surface area contributed by atoms with Crippen LogP contribution in [0.4, 0.5) is 0 Å². The molecule has 2 aliphatic heterocycles. The first-order valence-electron chi connectivity index (χ1n) is 7.49. The van der Waals surface area contributed by atoms with Crippen LogP contribution in [0.25, 0.3) is 0 Å². The first kappa shape index (κ1) is 15.2. The van der Waals surface area contributed by atoms with E-state index in [0.717, 1.165) is 5.56 Å². The summed E-state index contributed by atoms with van der Waals surface area (Å²) in [6.07, 6.45) is 1.32. The van der Waals surface area contributed by atoms with Gasteiger partial charge in [0.25, 0.3) is 5.91 Å². The van der Waals surface area contributed by atoms with E-state index in [1.165, 1.54) is 5.01 Å². The molecule has 2 heterocycles. The highest BCUT2D eigenvalue weighted by atomic mass is 32.1. The van der Waals surface area contributed by atoms with Crippen LogP contribution in [0.3, 0.4) is 0 Å². The van der Waals surface area contributed by atoms with Gasteiger partial charge in [0.2, 0.25) is 0 Å². The number of nitrogens with zero attached hydrogens (tertiary/aromatic N) is 2. The molecule has 118 valence electrons. The van der Waals surface area contributed by atoms with Crippen molar-refractivity contribution in [2.24, 2.45) is 5.84 Å². The molecule has 0 saturated carbocycles. The van der Waals surface area contributed by atoms with Crippen molar-refractivity contribution in [1.29, 1.82) is 0 Å². The third kappa shape index (κ3) is 2.27. The predicted molar refractivity (Wildman–Crippen MR) is 89.6 cm³/mol. The van der Waals surface area contributed by atoms with E-state index >= 15 is 0 Å². The van der Waals surface area contributed by atoms with Crippen molar-refractivity contribution in [3.63, 3.8) is 0 Å². The van der Waals surface area contributed by atoms with Gasteiger partial charge < -0.3 is 10.2 Å². The Hall–Kier alpha value is -1.66. The lowest BCUT2D eigenvalue weighted by Crippen LogP contribution is -2.69. The fraction of sp³-hybridized carbons (Fsp3) is 0.500. The number of rotatable bonds is 2. The Labute approximate surface area is 136 Å². The van der Waals surface area contributed by atoms with Crippen LogP contribution in [-0.4, -0.2) is 38.2 Å². The number of hydrogen-bond donors (Lipinski definition) is 2. The third-order valence-electron chi connectivity index (χ3n) is 4.58. The van der Waals surface area contributed by atoms with Crippen LogP contribution < -0.4 is 11.2 Å². The molecule has 0 bridgehead atoms. The molecule has 2 fully saturated rings. The Kier molecular flexibility index (Phi) is 3.41. The fourth-order valence-corrected chi connectivity index (χ4v) is 4.34. The Morgan fingerprint density at radius 1 is 1.32 bits per heavy atom. The molecule has 22 heavy (non-hydrogen) atoms. The molecule has 0 aromatic heterocycles. The molecular formula is C16H22N4OS. The smallest absolute Gasteiger partial charge is 0.261 e. The summed E-state index contributed by atoms with van der Waals surface area (Å²) in [5.74, 6) is 6.07. The van der Waals surface area contributed by atoms with Crippen molar-refractivity contribution >= 4 is 23.2 Å². The second-order valence-electron chi connectivity index (χ2n) is 6.99. The summed E-state index contributed by atoms with van der Waals surface area (Å²) in [4.78, 5) is 14.7. The number of benzene rings is 1. The summed E-state index contributed by atoms with van der Waals surface area (Å²) in [6, 6.07) is 9.61. The summed E-state index contributed by atoms with van der Waals surface area (Å²) in [6.45, 7) is 6.14. The standard InChI is InChI=1S/C16H22N4OS/c1-15(2)10-16(3)19(14(22)18-15)12(13(21)20(16)17)9-11-7-5-4-6-8-11/h4-8,12H,9-10,17H2,1-3H3,(H,18,22). The van der Waals surface area contributed by atoms with Crippen LogP contribution in [0.15, 0.2) is 30.3 Å². The predicted octanol–water partition coefficient (Wildman–Crippen LogP) is 1.39. The maximum absolute atomic E-state index is 12.7. The summed E-state index contributed by atoms with van der Waals surface area (Å²) >= 11 is 5.54. The minimum atomic E-state index is -0.581. The van der Waals surface area contributed by atoms with Crippen molar-refractivity contribution in [1.82, 2.24) is 15.2 Å². The molecule has 0 spiro atoms. The lowest BCUT2D eigenvalue weighted by molar-refractivity contribution is -0.132. The van der Waals surface area contributed by atoms with Crippen molar-refractivity contribution in [2.45, 2.75) is 50.9 Å². The van der Waals surface area contributed by atoms with Gasteiger partial charge in [-0.05, 0) is 38.6 Å². The zero-order chi connectivity index (χ0) is 16.1. The number of nitrogens with two attached hydrogens (primary N) is 1. The second kappa shape index (κ2) is 4.93. The number of hydrazine groups is 1. The molecule has 0 aliphatic carbocycles. The normalized spacial score (nSPS) is 30.3. The van der Waals surface area contributed by atoms with Gasteiger partial charge in [-0.25, -0.2) is 5.84 Å². The number of carbonyl (C=O) groups is 1. The Balaban J connectivity index is 1.96. The summed E-state index contributed by atoms with van der Waals surface area (Å²) in [7, 11) is 0. The van der Waals surface area contributed by atoms with Crippen LogP contribution in [-0.2, 0) is 11.2 Å². The molecule has 6 heteroatoms. The van der Waals surface area contributed by atoms with Crippen LogP contribution in [0, 0.1) is 0 Å². The quantitative estimate of drug-likeness (QED) is 0.490.